The summed E-state index contributed by atoms with van der Waals surface area (Å²) in [6, 6.07) is 5.04. The van der Waals surface area contributed by atoms with Crippen molar-refractivity contribution in [3.63, 3.8) is 0 Å². The zero-order valence-corrected chi connectivity index (χ0v) is 28.2. The Labute approximate surface area is 287 Å². The minimum absolute atomic E-state index is 0.0189. The van der Waals surface area contributed by atoms with Gasteiger partial charge in [-0.25, -0.2) is 9.67 Å². The van der Waals surface area contributed by atoms with E-state index in [1.165, 1.54) is 15.8 Å². The van der Waals surface area contributed by atoms with Crippen LogP contribution in [-0.4, -0.2) is 96.6 Å². The fourth-order valence-electron chi connectivity index (χ4n) is 7.33. The molecule has 3 aromatic rings. The number of carbonyl (C=O) groups excluding carboxylic acids is 5. The number of carbonyl (C=O) groups is 5. The van der Waals surface area contributed by atoms with Crippen LogP contribution in [0.5, 0.6) is 0 Å². The van der Waals surface area contributed by atoms with Crippen LogP contribution in [0.1, 0.15) is 93.9 Å². The van der Waals surface area contributed by atoms with E-state index in [0.717, 1.165) is 32.1 Å². The van der Waals surface area contributed by atoms with Gasteiger partial charge in [-0.05, 0) is 38.3 Å². The molecule has 2 saturated heterocycles. The number of nitrogens with two attached hydrogens (primary N) is 1. The first kappa shape index (κ1) is 35.0. The summed E-state index contributed by atoms with van der Waals surface area (Å²) in [5.41, 5.74) is 3.15. The average molecular weight is 691 g/mol. The normalized spacial score (nSPS) is 21.7. The Bertz CT molecular complexity index is 1810. The molecule has 1 saturated carbocycles. The Hall–Kier alpha value is -4.83. The van der Waals surface area contributed by atoms with Crippen LogP contribution in [0.2, 0.25) is 0 Å². The fourth-order valence-corrected chi connectivity index (χ4v) is 7.33. The largest absolute Gasteiger partial charge is 0.384 e. The summed E-state index contributed by atoms with van der Waals surface area (Å²) >= 11 is 0. The van der Waals surface area contributed by atoms with E-state index >= 15 is 0 Å². The van der Waals surface area contributed by atoms with E-state index in [1.54, 1.807) is 38.1 Å². The molecular weight excluding hydrogens is 648 g/mol. The van der Waals surface area contributed by atoms with E-state index in [2.05, 4.69) is 25.8 Å². The maximum absolute atomic E-state index is 14.7. The van der Waals surface area contributed by atoms with Crippen LogP contribution >= 0.6 is 0 Å². The number of aliphatic imine (C=N–C) groups is 1. The predicted octanol–water partition coefficient (Wildman–Crippen LogP) is 1.76. The number of ketones is 1. The second kappa shape index (κ2) is 14.2. The van der Waals surface area contributed by atoms with Gasteiger partial charge in [0.25, 0.3) is 17.7 Å². The number of nitrogens with one attached hydrogen (secondary N) is 1. The standard InChI is InChI=1S/C34H42N8O8/c1-33(2,48)26-18-36-40-42(26)21-17-24(30(45)38-34(28(43)29(35)44)12-14-49-15-13-34)41(19-21)32(47)23(16-20-8-4-3-5-9-20)37-31(46)27-22-10-6-7-11-25(22)50-39-27/h6-7,10-11,18,20-21,24,48H,3-5,8-9,12-17,19H2,1-2H3,(H2,35,44)(H,38,45)/b37-23+/t21-,24-/m0/s1. The van der Waals surface area contributed by atoms with Gasteiger partial charge in [0.2, 0.25) is 11.7 Å². The van der Waals surface area contributed by atoms with Crippen molar-refractivity contribution in [1.29, 1.82) is 0 Å². The number of benzene rings is 1. The molecule has 16 heteroatoms. The number of fused-ring (bicyclic) bond motifs is 1. The third-order valence-electron chi connectivity index (χ3n) is 10.0. The number of hydrogen-bond acceptors (Lipinski definition) is 11. The predicted molar refractivity (Wildman–Crippen MR) is 177 cm³/mol. The highest BCUT2D eigenvalue weighted by Gasteiger charge is 2.49. The van der Waals surface area contributed by atoms with E-state index in [1.807, 2.05) is 0 Å². The van der Waals surface area contributed by atoms with Gasteiger partial charge in [0, 0.05) is 39.0 Å². The third-order valence-corrected chi connectivity index (χ3v) is 10.0. The lowest BCUT2D eigenvalue weighted by molar-refractivity contribution is -0.146. The molecular formula is C34H42N8O8. The van der Waals surface area contributed by atoms with Crippen molar-refractivity contribution < 1.29 is 38.3 Å². The zero-order valence-electron chi connectivity index (χ0n) is 28.2. The monoisotopic (exact) mass is 690 g/mol. The SMILES string of the molecule is CC(C)(O)c1cnnn1[C@H]1C[C@@H](C(=O)NC2(C(=O)C(N)=O)CCOCC2)N(C(=O)/C(CC2CCCCC2)=N/C(=O)c2noc3ccccc23)C1. The van der Waals surface area contributed by atoms with E-state index in [4.69, 9.17) is 15.0 Å². The first-order valence-electron chi connectivity index (χ1n) is 17.0. The summed E-state index contributed by atoms with van der Waals surface area (Å²) in [7, 11) is 0. The molecule has 1 aliphatic carbocycles. The molecule has 3 aliphatic rings. The molecule has 4 N–H and O–H groups in total. The van der Waals surface area contributed by atoms with E-state index in [0.29, 0.717) is 16.7 Å². The fraction of sp³-hybridized carbons (Fsp3) is 0.559. The number of Topliss-reactive ketones (excluding diaryl/α,β-unsaturated/α-hetero) is 1. The van der Waals surface area contributed by atoms with Gasteiger partial charge < -0.3 is 30.3 Å². The minimum Gasteiger partial charge on any atom is -0.384 e. The number of aromatic nitrogens is 4. The molecule has 2 aromatic heterocycles. The molecule has 16 nitrogen and oxygen atoms in total. The summed E-state index contributed by atoms with van der Waals surface area (Å²) < 4.78 is 12.2. The molecule has 3 fully saturated rings. The number of rotatable bonds is 10. The van der Waals surface area contributed by atoms with Crippen molar-refractivity contribution in [3.05, 3.63) is 41.9 Å². The van der Waals surface area contributed by atoms with Crippen LogP contribution < -0.4 is 11.1 Å². The molecule has 0 bridgehead atoms. The highest BCUT2D eigenvalue weighted by Crippen LogP contribution is 2.34. The van der Waals surface area contributed by atoms with Gasteiger partial charge in [-0.15, -0.1) is 5.10 Å². The number of nitrogens with zero attached hydrogens (tertiary/aromatic N) is 6. The first-order chi connectivity index (χ1) is 23.9. The quantitative estimate of drug-likeness (QED) is 0.205. The zero-order chi connectivity index (χ0) is 35.6. The summed E-state index contributed by atoms with van der Waals surface area (Å²) in [4.78, 5) is 73.5. The van der Waals surface area contributed by atoms with Crippen molar-refractivity contribution in [2.75, 3.05) is 19.8 Å². The molecule has 0 radical (unpaired) electrons. The molecule has 0 spiro atoms. The van der Waals surface area contributed by atoms with Gasteiger partial charge >= 0.3 is 0 Å². The average Bonchev–Trinajstić information content (AvgIpc) is 3.87. The second-order valence-corrected chi connectivity index (χ2v) is 14.0. The third kappa shape index (κ3) is 7.07. The van der Waals surface area contributed by atoms with Crippen LogP contribution in [-0.2, 0) is 29.5 Å². The van der Waals surface area contributed by atoms with Gasteiger partial charge in [0.1, 0.15) is 22.9 Å². The van der Waals surface area contributed by atoms with Gasteiger partial charge in [-0.1, -0.05) is 54.6 Å². The molecule has 4 heterocycles. The highest BCUT2D eigenvalue weighted by atomic mass is 16.5. The number of primary amides is 1. The lowest BCUT2D eigenvalue weighted by atomic mass is 9.84. The Morgan fingerprint density at radius 2 is 1.82 bits per heavy atom. The van der Waals surface area contributed by atoms with Crippen molar-refractivity contribution in [1.82, 2.24) is 30.4 Å². The van der Waals surface area contributed by atoms with Crippen LogP contribution in [0.15, 0.2) is 40.0 Å². The van der Waals surface area contributed by atoms with Gasteiger partial charge in [0.05, 0.1) is 23.3 Å². The molecule has 6 rings (SSSR count). The molecule has 2 aliphatic heterocycles. The number of para-hydroxylation sites is 1. The molecule has 2 atom stereocenters. The van der Waals surface area contributed by atoms with Crippen LogP contribution in [0, 0.1) is 5.92 Å². The second-order valence-electron chi connectivity index (χ2n) is 14.0. The summed E-state index contributed by atoms with van der Waals surface area (Å²) in [6.07, 6.45) is 6.44. The summed E-state index contributed by atoms with van der Waals surface area (Å²) in [5.74, 6) is -4.12. The Balaban J connectivity index is 1.37. The van der Waals surface area contributed by atoms with Crippen LogP contribution in [0.25, 0.3) is 11.0 Å². The lowest BCUT2D eigenvalue weighted by Gasteiger charge is -2.37. The van der Waals surface area contributed by atoms with Crippen LogP contribution in [0.4, 0.5) is 0 Å². The van der Waals surface area contributed by atoms with Crippen molar-refractivity contribution in [2.45, 2.75) is 94.9 Å². The summed E-state index contributed by atoms with van der Waals surface area (Å²) in [5, 5.41) is 26.2. The Kier molecular flexibility index (Phi) is 9.94. The minimum atomic E-state index is -1.61. The van der Waals surface area contributed by atoms with Crippen LogP contribution in [0.3, 0.4) is 0 Å². The molecule has 1 aromatic carbocycles. The number of hydrogen-bond donors (Lipinski definition) is 3. The number of amides is 4. The molecule has 50 heavy (non-hydrogen) atoms. The Morgan fingerprint density at radius 1 is 1.10 bits per heavy atom. The maximum Gasteiger partial charge on any atom is 0.300 e. The van der Waals surface area contributed by atoms with E-state index in [9.17, 15) is 29.1 Å². The van der Waals surface area contributed by atoms with Gasteiger partial charge in [0.15, 0.2) is 11.3 Å². The number of aliphatic hydroxyl groups is 1. The van der Waals surface area contributed by atoms with E-state index in [-0.39, 0.29) is 62.8 Å². The summed E-state index contributed by atoms with van der Waals surface area (Å²) in [6.45, 7) is 3.32. The molecule has 266 valence electrons. The van der Waals surface area contributed by atoms with Gasteiger partial charge in [-0.2, -0.15) is 0 Å². The first-order valence-corrected chi connectivity index (χ1v) is 17.0. The highest BCUT2D eigenvalue weighted by molar-refractivity contribution is 6.41. The van der Waals surface area contributed by atoms with Crippen molar-refractivity contribution >= 4 is 46.1 Å². The van der Waals surface area contributed by atoms with Crippen molar-refractivity contribution in [3.8, 4) is 0 Å². The van der Waals surface area contributed by atoms with Gasteiger partial charge in [-0.3, -0.25) is 24.0 Å². The number of likely N-dealkylation sites (tertiary alicyclic amines) is 1. The maximum atomic E-state index is 14.7. The topological polar surface area (TPSA) is 225 Å². The Morgan fingerprint density at radius 3 is 2.52 bits per heavy atom. The number of ether oxygens (including phenoxy) is 1. The smallest absolute Gasteiger partial charge is 0.300 e. The lowest BCUT2D eigenvalue weighted by Crippen LogP contribution is -2.63. The molecule has 4 amide bonds. The molecule has 0 unspecified atom stereocenters. The van der Waals surface area contributed by atoms with E-state index < -0.39 is 52.6 Å². The van der Waals surface area contributed by atoms with Crippen molar-refractivity contribution in [2.24, 2.45) is 16.6 Å².